The summed E-state index contributed by atoms with van der Waals surface area (Å²) in [6.45, 7) is 2.53. The van der Waals surface area contributed by atoms with Crippen LogP contribution in [0.25, 0.3) is 0 Å². The maximum Gasteiger partial charge on any atom is 0.244 e. The lowest BCUT2D eigenvalue weighted by Gasteiger charge is -2.11. The number of sulfonamides is 1. The second-order valence-corrected chi connectivity index (χ2v) is 6.71. The van der Waals surface area contributed by atoms with Gasteiger partial charge in [-0.3, -0.25) is 0 Å². The zero-order valence-corrected chi connectivity index (χ0v) is 13.6. The summed E-state index contributed by atoms with van der Waals surface area (Å²) in [5.41, 5.74) is 0.585. The summed E-state index contributed by atoms with van der Waals surface area (Å²) >= 11 is 3.23. The summed E-state index contributed by atoms with van der Waals surface area (Å²) in [5, 5.41) is 2.93. The van der Waals surface area contributed by atoms with Gasteiger partial charge in [0, 0.05) is 23.4 Å². The lowest BCUT2D eigenvalue weighted by atomic mass is 10.4. The first kappa shape index (κ1) is 15.8. The van der Waals surface area contributed by atoms with Crippen molar-refractivity contribution in [1.29, 1.82) is 0 Å². The van der Waals surface area contributed by atoms with Crippen molar-refractivity contribution in [2.45, 2.75) is 18.4 Å². The molecule has 0 bridgehead atoms. The van der Waals surface area contributed by atoms with Crippen molar-refractivity contribution >= 4 is 31.8 Å². The molecule has 0 aliphatic rings. The second-order valence-electron chi connectivity index (χ2n) is 4.06. The lowest BCUT2D eigenvalue weighted by Crippen LogP contribution is -2.25. The number of anilines is 1. The van der Waals surface area contributed by atoms with Gasteiger partial charge in [0.2, 0.25) is 10.0 Å². The number of nitrogens with one attached hydrogen (secondary N) is 2. The summed E-state index contributed by atoms with van der Waals surface area (Å²) in [4.78, 5) is 11.9. The SMILES string of the molecule is CCNc1ncc(Br)cc1S(=O)(=O)NCc1ccncn1. The Bertz CT molecular complexity index is 709. The fourth-order valence-electron chi connectivity index (χ4n) is 1.60. The third kappa shape index (κ3) is 4.19. The molecule has 0 spiro atoms. The quantitative estimate of drug-likeness (QED) is 0.799. The minimum Gasteiger partial charge on any atom is -0.369 e. The van der Waals surface area contributed by atoms with Crippen LogP contribution < -0.4 is 10.0 Å². The van der Waals surface area contributed by atoms with Crippen LogP contribution in [-0.2, 0) is 16.6 Å². The molecule has 0 atom stereocenters. The Kier molecular flexibility index (Phi) is 5.21. The molecule has 2 rings (SSSR count). The van der Waals surface area contributed by atoms with Gasteiger partial charge in [-0.15, -0.1) is 0 Å². The molecular formula is C12H14BrN5O2S. The molecule has 0 amide bonds. The molecule has 112 valence electrons. The van der Waals surface area contributed by atoms with Crippen LogP contribution in [0.5, 0.6) is 0 Å². The molecule has 2 aromatic heterocycles. The van der Waals surface area contributed by atoms with Gasteiger partial charge in [0.05, 0.1) is 12.2 Å². The van der Waals surface area contributed by atoms with Crippen LogP contribution >= 0.6 is 15.9 Å². The van der Waals surface area contributed by atoms with Gasteiger partial charge >= 0.3 is 0 Å². The highest BCUT2D eigenvalue weighted by atomic mass is 79.9. The van der Waals surface area contributed by atoms with E-state index in [0.717, 1.165) is 0 Å². The van der Waals surface area contributed by atoms with Gasteiger partial charge in [0.1, 0.15) is 17.0 Å². The number of halogens is 1. The van der Waals surface area contributed by atoms with Crippen LogP contribution in [0.15, 0.2) is 40.2 Å². The van der Waals surface area contributed by atoms with E-state index in [2.05, 4.69) is 40.9 Å². The summed E-state index contributed by atoms with van der Waals surface area (Å²) in [6.07, 6.45) is 4.47. The first-order chi connectivity index (χ1) is 10.0. The van der Waals surface area contributed by atoms with Gasteiger partial charge in [-0.2, -0.15) is 0 Å². The van der Waals surface area contributed by atoms with E-state index in [0.29, 0.717) is 22.5 Å². The van der Waals surface area contributed by atoms with E-state index in [1.54, 1.807) is 18.5 Å². The summed E-state index contributed by atoms with van der Waals surface area (Å²) < 4.78 is 27.9. The summed E-state index contributed by atoms with van der Waals surface area (Å²) in [5.74, 6) is 0.316. The summed E-state index contributed by atoms with van der Waals surface area (Å²) in [7, 11) is -3.70. The largest absolute Gasteiger partial charge is 0.369 e. The molecular weight excluding hydrogens is 358 g/mol. The number of hydrogen-bond donors (Lipinski definition) is 2. The molecule has 9 heteroatoms. The van der Waals surface area contributed by atoms with Crippen molar-refractivity contribution in [2.24, 2.45) is 0 Å². The molecule has 2 N–H and O–H groups in total. The van der Waals surface area contributed by atoms with Gasteiger partial charge < -0.3 is 5.32 Å². The fraction of sp³-hybridized carbons (Fsp3) is 0.250. The van der Waals surface area contributed by atoms with E-state index in [-0.39, 0.29) is 11.4 Å². The van der Waals surface area contributed by atoms with E-state index < -0.39 is 10.0 Å². The van der Waals surface area contributed by atoms with E-state index in [4.69, 9.17) is 0 Å². The third-order valence-corrected chi connectivity index (χ3v) is 4.39. The number of rotatable bonds is 6. The molecule has 2 heterocycles. The van der Waals surface area contributed by atoms with Crippen LogP contribution in [0.4, 0.5) is 5.82 Å². The predicted octanol–water partition coefficient (Wildman–Crippen LogP) is 1.54. The predicted molar refractivity (Wildman–Crippen MR) is 82.2 cm³/mol. The number of nitrogens with zero attached hydrogens (tertiary/aromatic N) is 3. The topological polar surface area (TPSA) is 96.9 Å². The smallest absolute Gasteiger partial charge is 0.244 e. The highest BCUT2D eigenvalue weighted by molar-refractivity contribution is 9.10. The van der Waals surface area contributed by atoms with Gasteiger partial charge in [-0.25, -0.2) is 28.1 Å². The van der Waals surface area contributed by atoms with Gasteiger partial charge in [0.15, 0.2) is 0 Å². The molecule has 0 aliphatic heterocycles. The van der Waals surface area contributed by atoms with Crippen molar-refractivity contribution in [3.8, 4) is 0 Å². The van der Waals surface area contributed by atoms with Crippen LogP contribution in [-0.4, -0.2) is 29.9 Å². The minimum atomic E-state index is -3.70. The monoisotopic (exact) mass is 371 g/mol. The molecule has 0 radical (unpaired) electrons. The molecule has 0 saturated heterocycles. The molecule has 0 aliphatic carbocycles. The van der Waals surface area contributed by atoms with Crippen molar-refractivity contribution < 1.29 is 8.42 Å². The molecule has 0 fully saturated rings. The van der Waals surface area contributed by atoms with Crippen molar-refractivity contribution in [3.63, 3.8) is 0 Å². The Morgan fingerprint density at radius 3 is 2.81 bits per heavy atom. The second kappa shape index (κ2) is 6.92. The zero-order valence-electron chi connectivity index (χ0n) is 11.2. The van der Waals surface area contributed by atoms with E-state index in [1.807, 2.05) is 6.92 Å². The molecule has 0 aromatic carbocycles. The maximum atomic E-state index is 12.4. The Balaban J connectivity index is 2.24. The Morgan fingerprint density at radius 2 is 2.14 bits per heavy atom. The van der Waals surface area contributed by atoms with E-state index in [1.165, 1.54) is 12.4 Å². The molecule has 0 unspecified atom stereocenters. The highest BCUT2D eigenvalue weighted by Crippen LogP contribution is 2.22. The lowest BCUT2D eigenvalue weighted by molar-refractivity contribution is 0.580. The number of aromatic nitrogens is 3. The van der Waals surface area contributed by atoms with Crippen LogP contribution in [0.1, 0.15) is 12.6 Å². The van der Waals surface area contributed by atoms with E-state index >= 15 is 0 Å². The van der Waals surface area contributed by atoms with Gasteiger partial charge in [-0.1, -0.05) is 0 Å². The molecule has 0 saturated carbocycles. The van der Waals surface area contributed by atoms with Gasteiger partial charge in [-0.05, 0) is 35.0 Å². The third-order valence-electron chi connectivity index (χ3n) is 2.54. The van der Waals surface area contributed by atoms with Crippen molar-refractivity contribution in [1.82, 2.24) is 19.7 Å². The van der Waals surface area contributed by atoms with Crippen molar-refractivity contribution in [2.75, 3.05) is 11.9 Å². The Labute approximate surface area is 131 Å². The average Bonchev–Trinajstić information content (AvgIpc) is 2.48. The molecule has 2 aromatic rings. The van der Waals surface area contributed by atoms with Crippen LogP contribution in [0.3, 0.4) is 0 Å². The van der Waals surface area contributed by atoms with Gasteiger partial charge in [0.25, 0.3) is 0 Å². The van der Waals surface area contributed by atoms with Crippen molar-refractivity contribution in [3.05, 3.63) is 41.0 Å². The average molecular weight is 372 g/mol. The zero-order chi connectivity index (χ0) is 15.3. The Morgan fingerprint density at radius 1 is 1.33 bits per heavy atom. The first-order valence-electron chi connectivity index (χ1n) is 6.17. The first-order valence-corrected chi connectivity index (χ1v) is 8.44. The Hall–Kier alpha value is -1.58. The molecule has 21 heavy (non-hydrogen) atoms. The maximum absolute atomic E-state index is 12.4. The normalized spacial score (nSPS) is 11.3. The fourth-order valence-corrected chi connectivity index (χ4v) is 3.23. The number of hydrogen-bond acceptors (Lipinski definition) is 6. The van der Waals surface area contributed by atoms with E-state index in [9.17, 15) is 8.42 Å². The highest BCUT2D eigenvalue weighted by Gasteiger charge is 2.20. The standard InChI is InChI=1S/C12H14BrN5O2S/c1-2-15-12-11(5-9(13)6-16-12)21(19,20)18-7-10-3-4-14-8-17-10/h3-6,8,18H,2,7H2,1H3,(H,15,16). The summed E-state index contributed by atoms with van der Waals surface area (Å²) in [6, 6.07) is 3.15. The molecule has 7 nitrogen and oxygen atoms in total. The number of pyridine rings is 1. The van der Waals surface area contributed by atoms with Crippen LogP contribution in [0.2, 0.25) is 0 Å². The van der Waals surface area contributed by atoms with Crippen LogP contribution in [0, 0.1) is 0 Å². The minimum absolute atomic E-state index is 0.0862.